The van der Waals surface area contributed by atoms with Gasteiger partial charge in [-0.15, -0.1) is 6.42 Å². The summed E-state index contributed by atoms with van der Waals surface area (Å²) >= 11 is 0. The Kier molecular flexibility index (Phi) is 1.34. The summed E-state index contributed by atoms with van der Waals surface area (Å²) in [7, 11) is 0. The van der Waals surface area contributed by atoms with Gasteiger partial charge in [-0.1, -0.05) is 5.92 Å². The molecule has 0 amide bonds. The molecule has 0 aliphatic rings. The number of fused-ring (bicyclic) bond motifs is 1. The molecule has 0 saturated heterocycles. The van der Waals surface area contributed by atoms with Crippen molar-refractivity contribution in [1.29, 1.82) is 0 Å². The van der Waals surface area contributed by atoms with Crippen molar-refractivity contribution in [3.8, 4) is 12.3 Å². The molecule has 2 heterocycles. The van der Waals surface area contributed by atoms with Gasteiger partial charge in [-0.3, -0.25) is 10.1 Å². The van der Waals surface area contributed by atoms with Gasteiger partial charge in [0.05, 0.1) is 23.0 Å². The molecule has 0 bridgehead atoms. The van der Waals surface area contributed by atoms with Crippen molar-refractivity contribution in [2.45, 2.75) is 6.92 Å². The molecule has 0 spiro atoms. The maximum atomic E-state index is 5.29. The number of H-pyrrole nitrogens is 1. The predicted molar refractivity (Wildman–Crippen MR) is 46.6 cm³/mol. The summed E-state index contributed by atoms with van der Waals surface area (Å²) in [6.45, 7) is 1.92. The lowest BCUT2D eigenvalue weighted by atomic mass is 10.2. The Balaban J connectivity index is 2.94. The molecule has 0 radical (unpaired) electrons. The quantitative estimate of drug-likeness (QED) is 0.585. The van der Waals surface area contributed by atoms with E-state index in [0.717, 1.165) is 22.2 Å². The highest BCUT2D eigenvalue weighted by molar-refractivity contribution is 5.85. The Morgan fingerprint density at radius 3 is 3.08 bits per heavy atom. The first-order valence-electron chi connectivity index (χ1n) is 3.58. The maximum absolute atomic E-state index is 5.29. The van der Waals surface area contributed by atoms with Gasteiger partial charge in [0.25, 0.3) is 0 Å². The summed E-state index contributed by atoms with van der Waals surface area (Å²) in [5.74, 6) is 2.56. The molecule has 2 aromatic heterocycles. The maximum Gasteiger partial charge on any atom is 0.0875 e. The van der Waals surface area contributed by atoms with E-state index in [4.69, 9.17) is 6.42 Å². The van der Waals surface area contributed by atoms with Crippen LogP contribution in [-0.2, 0) is 0 Å². The molecular weight excluding hydrogens is 150 g/mol. The number of nitrogens with zero attached hydrogens (tertiary/aromatic N) is 2. The Hall–Kier alpha value is -1.82. The number of pyridine rings is 1. The van der Waals surface area contributed by atoms with Crippen LogP contribution in [0.15, 0.2) is 12.4 Å². The average molecular weight is 157 g/mol. The van der Waals surface area contributed by atoms with Crippen LogP contribution in [0.1, 0.15) is 11.3 Å². The van der Waals surface area contributed by atoms with Gasteiger partial charge in [-0.05, 0) is 6.92 Å². The highest BCUT2D eigenvalue weighted by Crippen LogP contribution is 2.16. The van der Waals surface area contributed by atoms with E-state index in [2.05, 4.69) is 21.1 Å². The van der Waals surface area contributed by atoms with Crippen LogP contribution < -0.4 is 0 Å². The van der Waals surface area contributed by atoms with Gasteiger partial charge in [-0.2, -0.15) is 5.10 Å². The van der Waals surface area contributed by atoms with Gasteiger partial charge in [-0.25, -0.2) is 0 Å². The molecule has 0 aliphatic heterocycles. The minimum absolute atomic E-state index is 0.782. The van der Waals surface area contributed by atoms with Crippen LogP contribution in [0.5, 0.6) is 0 Å². The molecular formula is C9H7N3. The molecule has 1 N–H and O–H groups in total. The van der Waals surface area contributed by atoms with E-state index in [1.165, 1.54) is 0 Å². The first kappa shape index (κ1) is 6.86. The summed E-state index contributed by atoms with van der Waals surface area (Å²) in [6.07, 6.45) is 8.70. The van der Waals surface area contributed by atoms with Crippen LogP contribution >= 0.6 is 0 Å². The molecule has 0 aromatic carbocycles. The topological polar surface area (TPSA) is 41.6 Å². The molecule has 0 unspecified atom stereocenters. The largest absolute Gasteiger partial charge is 0.276 e. The smallest absolute Gasteiger partial charge is 0.0875 e. The molecule has 3 nitrogen and oxygen atoms in total. The molecule has 12 heavy (non-hydrogen) atoms. The van der Waals surface area contributed by atoms with Gasteiger partial charge >= 0.3 is 0 Å². The average Bonchev–Trinajstić information content (AvgIpc) is 2.54. The molecule has 0 aliphatic carbocycles. The second-order valence-electron chi connectivity index (χ2n) is 2.56. The fraction of sp³-hybridized carbons (Fsp3) is 0.111. The lowest BCUT2D eigenvalue weighted by molar-refractivity contribution is 1.10. The fourth-order valence-electron chi connectivity index (χ4n) is 1.18. The van der Waals surface area contributed by atoms with Crippen molar-refractivity contribution in [2.24, 2.45) is 0 Å². The van der Waals surface area contributed by atoms with E-state index in [9.17, 15) is 0 Å². The number of rotatable bonds is 0. The summed E-state index contributed by atoms with van der Waals surface area (Å²) in [4.78, 5) is 4.14. The third kappa shape index (κ3) is 0.785. The standard InChI is InChI=1S/C9H7N3/c1-3-7-4-10-6(2)9-8(7)5-11-12-9/h1,4-5H,2H3,(H,11,12). The number of hydrogen-bond acceptors (Lipinski definition) is 2. The van der Waals surface area contributed by atoms with Gasteiger partial charge in [0.1, 0.15) is 0 Å². The van der Waals surface area contributed by atoms with Gasteiger partial charge in [0, 0.05) is 11.6 Å². The first-order chi connectivity index (χ1) is 5.83. The van der Waals surface area contributed by atoms with Crippen molar-refractivity contribution >= 4 is 10.9 Å². The minimum Gasteiger partial charge on any atom is -0.276 e. The number of aromatic amines is 1. The van der Waals surface area contributed by atoms with E-state index in [-0.39, 0.29) is 0 Å². The highest BCUT2D eigenvalue weighted by atomic mass is 15.1. The van der Waals surface area contributed by atoms with Crippen molar-refractivity contribution < 1.29 is 0 Å². The second kappa shape index (κ2) is 2.35. The molecule has 58 valence electrons. The van der Waals surface area contributed by atoms with Crippen molar-refractivity contribution in [1.82, 2.24) is 15.2 Å². The van der Waals surface area contributed by atoms with Crippen molar-refractivity contribution in [2.75, 3.05) is 0 Å². The number of terminal acetylenes is 1. The zero-order valence-corrected chi connectivity index (χ0v) is 6.63. The van der Waals surface area contributed by atoms with E-state index >= 15 is 0 Å². The Bertz CT molecular complexity index is 462. The third-order valence-electron chi connectivity index (χ3n) is 1.83. The first-order valence-corrected chi connectivity index (χ1v) is 3.58. The van der Waals surface area contributed by atoms with E-state index < -0.39 is 0 Å². The number of hydrogen-bond donors (Lipinski definition) is 1. The molecule has 0 fully saturated rings. The number of aromatic nitrogens is 3. The minimum atomic E-state index is 0.782. The van der Waals surface area contributed by atoms with Crippen LogP contribution in [0.4, 0.5) is 0 Å². The SMILES string of the molecule is C#Cc1cnc(C)c2[nH]ncc12. The van der Waals surface area contributed by atoms with Crippen molar-refractivity contribution in [3.05, 3.63) is 23.7 Å². The molecule has 3 heteroatoms. The van der Waals surface area contributed by atoms with Crippen LogP contribution in [0.2, 0.25) is 0 Å². The highest BCUT2D eigenvalue weighted by Gasteiger charge is 2.03. The Labute approximate surface area is 69.8 Å². The molecule has 0 atom stereocenters. The monoisotopic (exact) mass is 157 g/mol. The Morgan fingerprint density at radius 1 is 1.50 bits per heavy atom. The van der Waals surface area contributed by atoms with E-state index in [0.29, 0.717) is 0 Å². The predicted octanol–water partition coefficient (Wildman–Crippen LogP) is 1.25. The third-order valence-corrected chi connectivity index (χ3v) is 1.83. The van der Waals surface area contributed by atoms with Gasteiger partial charge in [0.2, 0.25) is 0 Å². The zero-order chi connectivity index (χ0) is 8.55. The summed E-state index contributed by atoms with van der Waals surface area (Å²) in [6, 6.07) is 0. The normalized spacial score (nSPS) is 10.0. The van der Waals surface area contributed by atoms with E-state index in [1.54, 1.807) is 12.4 Å². The molecule has 2 rings (SSSR count). The fourth-order valence-corrected chi connectivity index (χ4v) is 1.18. The van der Waals surface area contributed by atoms with Gasteiger partial charge < -0.3 is 0 Å². The number of nitrogens with one attached hydrogen (secondary N) is 1. The van der Waals surface area contributed by atoms with Crippen molar-refractivity contribution in [3.63, 3.8) is 0 Å². The molecule has 2 aromatic rings. The zero-order valence-electron chi connectivity index (χ0n) is 6.63. The summed E-state index contributed by atoms with van der Waals surface area (Å²) < 4.78 is 0. The van der Waals surface area contributed by atoms with Crippen LogP contribution in [-0.4, -0.2) is 15.2 Å². The summed E-state index contributed by atoms with van der Waals surface area (Å²) in [5, 5.41) is 7.73. The summed E-state index contributed by atoms with van der Waals surface area (Å²) in [5.41, 5.74) is 2.62. The lowest BCUT2D eigenvalue weighted by Crippen LogP contribution is -1.85. The van der Waals surface area contributed by atoms with Crippen LogP contribution in [0, 0.1) is 19.3 Å². The Morgan fingerprint density at radius 2 is 2.33 bits per heavy atom. The lowest BCUT2D eigenvalue weighted by Gasteiger charge is -1.95. The van der Waals surface area contributed by atoms with E-state index in [1.807, 2.05) is 6.92 Å². The van der Waals surface area contributed by atoms with Gasteiger partial charge in [0.15, 0.2) is 0 Å². The van der Waals surface area contributed by atoms with Crippen LogP contribution in [0.3, 0.4) is 0 Å². The second-order valence-corrected chi connectivity index (χ2v) is 2.56. The molecule has 0 saturated carbocycles. The van der Waals surface area contributed by atoms with Crippen LogP contribution in [0.25, 0.3) is 10.9 Å². The number of aryl methyl sites for hydroxylation is 1.